The van der Waals surface area contributed by atoms with Crippen molar-refractivity contribution < 1.29 is 15.0 Å². The lowest BCUT2D eigenvalue weighted by Crippen LogP contribution is -2.45. The molecule has 1 amide bonds. The number of hydrogen-bond donors (Lipinski definition) is 3. The number of allylic oxidation sites excluding steroid dienone is 7. The molecule has 268 valence electrons. The molecule has 0 saturated carbocycles. The minimum absolute atomic E-state index is 0.0851. The SMILES string of the molecule is CCCCCC/C=C\CCCCCCCCCC(=O)NC(CO)C(O)/C=C/CC/C=C/CC/C=C/CCCCCCCCCCC. The summed E-state index contributed by atoms with van der Waals surface area (Å²) in [5.74, 6) is -0.0851. The van der Waals surface area contributed by atoms with Gasteiger partial charge in [-0.15, -0.1) is 0 Å². The molecule has 3 N–H and O–H groups in total. The molecule has 4 nitrogen and oxygen atoms in total. The van der Waals surface area contributed by atoms with Crippen molar-refractivity contribution in [3.05, 3.63) is 48.6 Å². The number of carbonyl (C=O) groups is 1. The zero-order valence-corrected chi connectivity index (χ0v) is 30.6. The Bertz CT molecular complexity index is 741. The molecule has 0 spiro atoms. The first-order chi connectivity index (χ1) is 22.7. The quantitative estimate of drug-likeness (QED) is 0.0475. The van der Waals surface area contributed by atoms with E-state index in [0.29, 0.717) is 6.42 Å². The van der Waals surface area contributed by atoms with Crippen LogP contribution in [0.4, 0.5) is 0 Å². The Hall–Kier alpha value is -1.65. The fraction of sp³-hybridized carbons (Fsp3) is 0.786. The fourth-order valence-corrected chi connectivity index (χ4v) is 5.67. The van der Waals surface area contributed by atoms with Crippen molar-refractivity contribution in [2.24, 2.45) is 0 Å². The van der Waals surface area contributed by atoms with Gasteiger partial charge in [-0.1, -0.05) is 165 Å². The third-order valence-corrected chi connectivity index (χ3v) is 8.76. The first-order valence-corrected chi connectivity index (χ1v) is 19.9. The molecule has 0 radical (unpaired) electrons. The second kappa shape index (κ2) is 37.8. The van der Waals surface area contributed by atoms with E-state index in [9.17, 15) is 15.0 Å². The molecule has 0 bridgehead atoms. The molecule has 0 aromatic carbocycles. The summed E-state index contributed by atoms with van der Waals surface area (Å²) < 4.78 is 0. The Balaban J connectivity index is 3.70. The fourth-order valence-electron chi connectivity index (χ4n) is 5.67. The van der Waals surface area contributed by atoms with Crippen LogP contribution in [0, 0.1) is 0 Å². The van der Waals surface area contributed by atoms with Gasteiger partial charge < -0.3 is 15.5 Å². The lowest BCUT2D eigenvalue weighted by atomic mass is 10.1. The number of aliphatic hydroxyl groups excluding tert-OH is 2. The van der Waals surface area contributed by atoms with Crippen LogP contribution >= 0.6 is 0 Å². The first kappa shape index (κ1) is 44.4. The number of nitrogens with one attached hydrogen (secondary N) is 1. The van der Waals surface area contributed by atoms with Gasteiger partial charge in [0.15, 0.2) is 0 Å². The summed E-state index contributed by atoms with van der Waals surface area (Å²) in [5.41, 5.74) is 0. The number of aliphatic hydroxyl groups is 2. The van der Waals surface area contributed by atoms with E-state index in [1.54, 1.807) is 6.08 Å². The summed E-state index contributed by atoms with van der Waals surface area (Å²) in [7, 11) is 0. The maximum Gasteiger partial charge on any atom is 0.220 e. The molecule has 2 atom stereocenters. The maximum absolute atomic E-state index is 12.3. The van der Waals surface area contributed by atoms with Crippen molar-refractivity contribution >= 4 is 5.91 Å². The highest BCUT2D eigenvalue weighted by atomic mass is 16.3. The molecule has 0 aromatic heterocycles. The largest absolute Gasteiger partial charge is 0.394 e. The second-order valence-corrected chi connectivity index (χ2v) is 13.3. The minimum atomic E-state index is -0.871. The predicted molar refractivity (Wildman–Crippen MR) is 202 cm³/mol. The molecule has 2 unspecified atom stereocenters. The number of amides is 1. The van der Waals surface area contributed by atoms with Crippen LogP contribution in [0.25, 0.3) is 0 Å². The molecule has 4 heteroatoms. The van der Waals surface area contributed by atoms with Crippen molar-refractivity contribution in [2.45, 2.75) is 206 Å². The third-order valence-electron chi connectivity index (χ3n) is 8.76. The molecule has 0 aliphatic heterocycles. The average Bonchev–Trinajstić information content (AvgIpc) is 3.06. The first-order valence-electron chi connectivity index (χ1n) is 19.9. The molecule has 0 aliphatic rings. The van der Waals surface area contributed by atoms with Crippen molar-refractivity contribution in [1.29, 1.82) is 0 Å². The Morgan fingerprint density at radius 2 is 0.848 bits per heavy atom. The standard InChI is InChI=1S/C42H77NO3/c1-3-5-7-9-11-13-15-17-19-20-21-22-24-25-27-29-31-33-35-37-41(45)40(39-44)43-42(46)38-36-34-32-30-28-26-23-18-16-14-12-10-8-6-4-2/h14,16,21-22,27,29,35,37,40-41,44-45H,3-13,15,17-20,23-26,28,30-34,36,38-39H2,1-2H3,(H,43,46)/b16-14-,22-21+,29-27+,37-35+. The van der Waals surface area contributed by atoms with Gasteiger partial charge in [0, 0.05) is 6.42 Å². The van der Waals surface area contributed by atoms with E-state index in [0.717, 1.165) is 38.5 Å². The number of rotatable bonds is 35. The van der Waals surface area contributed by atoms with Crippen molar-refractivity contribution in [1.82, 2.24) is 5.32 Å². The summed E-state index contributed by atoms with van der Waals surface area (Å²) in [6.45, 7) is 4.27. The molecule has 0 heterocycles. The van der Waals surface area contributed by atoms with Gasteiger partial charge in [0.25, 0.3) is 0 Å². The number of unbranched alkanes of at least 4 members (excludes halogenated alkanes) is 22. The zero-order chi connectivity index (χ0) is 33.6. The molecular formula is C42H77NO3. The summed E-state index contributed by atoms with van der Waals surface area (Å²) in [6.07, 6.45) is 50.6. The van der Waals surface area contributed by atoms with Crippen LogP contribution in [-0.4, -0.2) is 34.9 Å². The lowest BCUT2D eigenvalue weighted by Gasteiger charge is -2.19. The van der Waals surface area contributed by atoms with Crippen molar-refractivity contribution in [3.8, 4) is 0 Å². The molecule has 0 rings (SSSR count). The van der Waals surface area contributed by atoms with E-state index in [1.807, 2.05) is 6.08 Å². The van der Waals surface area contributed by atoms with Gasteiger partial charge in [0.2, 0.25) is 5.91 Å². The Labute approximate surface area is 286 Å². The van der Waals surface area contributed by atoms with E-state index in [4.69, 9.17) is 0 Å². The van der Waals surface area contributed by atoms with E-state index in [2.05, 4.69) is 55.6 Å². The molecule has 0 saturated heterocycles. The van der Waals surface area contributed by atoms with Gasteiger partial charge in [-0.05, 0) is 70.6 Å². The van der Waals surface area contributed by atoms with E-state index < -0.39 is 12.1 Å². The summed E-state index contributed by atoms with van der Waals surface area (Å²) in [5, 5.41) is 22.9. The Kier molecular flexibility index (Phi) is 36.4. The normalized spacial score (nSPS) is 13.6. The van der Waals surface area contributed by atoms with Crippen LogP contribution in [0.5, 0.6) is 0 Å². The van der Waals surface area contributed by atoms with Crippen LogP contribution in [0.3, 0.4) is 0 Å². The zero-order valence-electron chi connectivity index (χ0n) is 30.6. The van der Waals surface area contributed by atoms with E-state index >= 15 is 0 Å². The van der Waals surface area contributed by atoms with Crippen molar-refractivity contribution in [3.63, 3.8) is 0 Å². The molecule has 0 fully saturated rings. The molecular weight excluding hydrogens is 566 g/mol. The van der Waals surface area contributed by atoms with Gasteiger partial charge in [-0.2, -0.15) is 0 Å². The van der Waals surface area contributed by atoms with E-state index in [-0.39, 0.29) is 12.5 Å². The van der Waals surface area contributed by atoms with Crippen LogP contribution in [0.15, 0.2) is 48.6 Å². The van der Waals surface area contributed by atoms with Crippen molar-refractivity contribution in [2.75, 3.05) is 6.61 Å². The summed E-state index contributed by atoms with van der Waals surface area (Å²) >= 11 is 0. The van der Waals surface area contributed by atoms with Gasteiger partial charge in [-0.3, -0.25) is 4.79 Å². The summed E-state index contributed by atoms with van der Waals surface area (Å²) in [4.78, 5) is 12.3. The average molecular weight is 644 g/mol. The van der Waals surface area contributed by atoms with Crippen LogP contribution in [-0.2, 0) is 4.79 Å². The van der Waals surface area contributed by atoms with Crippen LogP contribution in [0.1, 0.15) is 194 Å². The minimum Gasteiger partial charge on any atom is -0.394 e. The smallest absolute Gasteiger partial charge is 0.220 e. The maximum atomic E-state index is 12.3. The second-order valence-electron chi connectivity index (χ2n) is 13.3. The molecule has 0 aliphatic carbocycles. The highest BCUT2D eigenvalue weighted by Gasteiger charge is 2.17. The van der Waals surface area contributed by atoms with Crippen LogP contribution in [0.2, 0.25) is 0 Å². The lowest BCUT2D eigenvalue weighted by molar-refractivity contribution is -0.123. The molecule has 46 heavy (non-hydrogen) atoms. The highest BCUT2D eigenvalue weighted by Crippen LogP contribution is 2.12. The number of carbonyl (C=O) groups excluding carboxylic acids is 1. The van der Waals surface area contributed by atoms with Gasteiger partial charge in [-0.25, -0.2) is 0 Å². The van der Waals surface area contributed by atoms with E-state index in [1.165, 1.54) is 135 Å². The summed E-state index contributed by atoms with van der Waals surface area (Å²) in [6, 6.07) is -0.646. The monoisotopic (exact) mass is 644 g/mol. The Morgan fingerprint density at radius 3 is 1.28 bits per heavy atom. The molecule has 0 aromatic rings. The predicted octanol–water partition coefficient (Wildman–Crippen LogP) is 12.0. The topological polar surface area (TPSA) is 69.6 Å². The third kappa shape index (κ3) is 33.7. The van der Waals surface area contributed by atoms with Gasteiger partial charge in [0.1, 0.15) is 0 Å². The highest BCUT2D eigenvalue weighted by molar-refractivity contribution is 5.76. The number of hydrogen-bond acceptors (Lipinski definition) is 3. The van der Waals surface area contributed by atoms with Crippen LogP contribution < -0.4 is 5.32 Å². The van der Waals surface area contributed by atoms with Gasteiger partial charge in [0.05, 0.1) is 18.8 Å². The Morgan fingerprint density at radius 1 is 0.500 bits per heavy atom. The van der Waals surface area contributed by atoms with Gasteiger partial charge >= 0.3 is 0 Å².